The van der Waals surface area contributed by atoms with E-state index < -0.39 is 5.97 Å². The van der Waals surface area contributed by atoms with Gasteiger partial charge in [-0.3, -0.25) is 5.10 Å². The van der Waals surface area contributed by atoms with Gasteiger partial charge in [-0.1, -0.05) is 30.3 Å². The van der Waals surface area contributed by atoms with Gasteiger partial charge < -0.3 is 9.47 Å². The first kappa shape index (κ1) is 16.8. The number of ether oxygens (including phenoxy) is 2. The van der Waals surface area contributed by atoms with Crippen LogP contribution in [0, 0.1) is 6.92 Å². The number of benzene rings is 2. The number of nitrogens with one attached hydrogen (secondary N) is 1. The molecule has 5 nitrogen and oxygen atoms in total. The van der Waals surface area contributed by atoms with Crippen molar-refractivity contribution in [3.8, 4) is 17.0 Å². The molecule has 0 saturated heterocycles. The van der Waals surface area contributed by atoms with E-state index in [4.69, 9.17) is 9.47 Å². The van der Waals surface area contributed by atoms with E-state index >= 15 is 0 Å². The zero-order chi connectivity index (χ0) is 17.6. The van der Waals surface area contributed by atoms with Gasteiger partial charge in [-0.2, -0.15) is 5.10 Å². The SMILES string of the molecule is CCOC(=O)c1cc(-c2ccn[nH]2)cc(C)c1OCc1ccccc1. The summed E-state index contributed by atoms with van der Waals surface area (Å²) >= 11 is 0. The van der Waals surface area contributed by atoms with Crippen molar-refractivity contribution in [2.75, 3.05) is 6.61 Å². The maximum Gasteiger partial charge on any atom is 0.341 e. The molecule has 128 valence electrons. The van der Waals surface area contributed by atoms with Crippen molar-refractivity contribution in [3.05, 3.63) is 71.4 Å². The Hall–Kier alpha value is -3.08. The van der Waals surface area contributed by atoms with Gasteiger partial charge in [0.1, 0.15) is 17.9 Å². The number of hydrogen-bond donors (Lipinski definition) is 1. The molecule has 25 heavy (non-hydrogen) atoms. The summed E-state index contributed by atoms with van der Waals surface area (Å²) in [4.78, 5) is 12.4. The second-order valence-electron chi connectivity index (χ2n) is 5.63. The van der Waals surface area contributed by atoms with Crippen LogP contribution in [0.2, 0.25) is 0 Å². The molecule has 0 bridgehead atoms. The number of carbonyl (C=O) groups is 1. The first-order valence-corrected chi connectivity index (χ1v) is 8.17. The Morgan fingerprint density at radius 3 is 2.64 bits per heavy atom. The maximum atomic E-state index is 12.4. The summed E-state index contributed by atoms with van der Waals surface area (Å²) < 4.78 is 11.2. The first-order valence-electron chi connectivity index (χ1n) is 8.17. The van der Waals surface area contributed by atoms with E-state index in [0.717, 1.165) is 22.4 Å². The van der Waals surface area contributed by atoms with E-state index in [-0.39, 0.29) is 0 Å². The minimum absolute atomic E-state index is 0.310. The highest BCUT2D eigenvalue weighted by Crippen LogP contribution is 2.31. The number of nitrogens with zero attached hydrogens (tertiary/aromatic N) is 1. The Labute approximate surface area is 146 Å². The Balaban J connectivity index is 1.96. The molecule has 3 rings (SSSR count). The van der Waals surface area contributed by atoms with Crippen molar-refractivity contribution >= 4 is 5.97 Å². The largest absolute Gasteiger partial charge is 0.488 e. The number of aryl methyl sites for hydroxylation is 1. The molecule has 2 aromatic carbocycles. The average molecular weight is 336 g/mol. The predicted octanol–water partition coefficient (Wildman–Crippen LogP) is 4.14. The molecule has 0 unspecified atom stereocenters. The second-order valence-corrected chi connectivity index (χ2v) is 5.63. The predicted molar refractivity (Wildman–Crippen MR) is 95.5 cm³/mol. The fourth-order valence-corrected chi connectivity index (χ4v) is 2.63. The summed E-state index contributed by atoms with van der Waals surface area (Å²) in [7, 11) is 0. The van der Waals surface area contributed by atoms with Gasteiger partial charge in [0.05, 0.1) is 12.3 Å². The monoisotopic (exact) mass is 336 g/mol. The van der Waals surface area contributed by atoms with Crippen LogP contribution in [0.25, 0.3) is 11.3 Å². The standard InChI is InChI=1S/C20H20N2O3/c1-3-24-20(23)17-12-16(18-9-10-21-22-18)11-14(2)19(17)25-13-15-7-5-4-6-8-15/h4-12H,3,13H2,1-2H3,(H,21,22). The molecular weight excluding hydrogens is 316 g/mol. The fourth-order valence-electron chi connectivity index (χ4n) is 2.63. The lowest BCUT2D eigenvalue weighted by Crippen LogP contribution is -2.09. The molecule has 0 spiro atoms. The third kappa shape index (κ3) is 3.88. The van der Waals surface area contributed by atoms with Crippen molar-refractivity contribution < 1.29 is 14.3 Å². The highest BCUT2D eigenvalue weighted by molar-refractivity contribution is 5.94. The van der Waals surface area contributed by atoms with Crippen LogP contribution in [0.1, 0.15) is 28.4 Å². The smallest absolute Gasteiger partial charge is 0.341 e. The third-order valence-corrected chi connectivity index (χ3v) is 3.81. The van der Waals surface area contributed by atoms with Crippen LogP contribution in [0.3, 0.4) is 0 Å². The number of carbonyl (C=O) groups excluding carboxylic acids is 1. The number of aromatic nitrogens is 2. The van der Waals surface area contributed by atoms with Gasteiger partial charge in [-0.15, -0.1) is 0 Å². The Kier molecular flexibility index (Phi) is 5.14. The van der Waals surface area contributed by atoms with Crippen molar-refractivity contribution in [2.45, 2.75) is 20.5 Å². The molecule has 1 aromatic heterocycles. The van der Waals surface area contributed by atoms with Gasteiger partial charge >= 0.3 is 5.97 Å². The summed E-state index contributed by atoms with van der Waals surface area (Å²) in [6.45, 7) is 4.40. The van der Waals surface area contributed by atoms with Gasteiger partial charge in [0, 0.05) is 11.8 Å². The van der Waals surface area contributed by atoms with Gasteiger partial charge in [0.25, 0.3) is 0 Å². The molecule has 3 aromatic rings. The van der Waals surface area contributed by atoms with E-state index in [1.165, 1.54) is 0 Å². The van der Waals surface area contributed by atoms with E-state index in [2.05, 4.69) is 10.2 Å². The van der Waals surface area contributed by atoms with Crippen LogP contribution in [0.4, 0.5) is 0 Å². The summed E-state index contributed by atoms with van der Waals surface area (Å²) in [6.07, 6.45) is 1.68. The third-order valence-electron chi connectivity index (χ3n) is 3.81. The lowest BCUT2D eigenvalue weighted by Gasteiger charge is -2.15. The van der Waals surface area contributed by atoms with Crippen LogP contribution < -0.4 is 4.74 Å². The number of rotatable bonds is 6. The van der Waals surface area contributed by atoms with E-state index in [1.54, 1.807) is 19.2 Å². The number of aromatic amines is 1. The highest BCUT2D eigenvalue weighted by atomic mass is 16.5. The first-order chi connectivity index (χ1) is 12.2. The number of H-pyrrole nitrogens is 1. The lowest BCUT2D eigenvalue weighted by atomic mass is 10.0. The van der Waals surface area contributed by atoms with Crippen molar-refractivity contribution in [2.24, 2.45) is 0 Å². The molecule has 0 fully saturated rings. The Morgan fingerprint density at radius 2 is 1.96 bits per heavy atom. The van der Waals surface area contributed by atoms with Crippen LogP contribution >= 0.6 is 0 Å². The summed E-state index contributed by atoms with van der Waals surface area (Å²) in [6, 6.07) is 15.4. The number of esters is 1. The molecule has 0 radical (unpaired) electrons. The van der Waals surface area contributed by atoms with Crippen LogP contribution in [-0.2, 0) is 11.3 Å². The van der Waals surface area contributed by atoms with Crippen molar-refractivity contribution in [1.82, 2.24) is 10.2 Å². The quantitative estimate of drug-likeness (QED) is 0.687. The molecule has 0 aliphatic rings. The summed E-state index contributed by atoms with van der Waals surface area (Å²) in [5.74, 6) is 0.153. The molecule has 0 saturated carbocycles. The minimum atomic E-state index is -0.393. The molecule has 1 N–H and O–H groups in total. The molecule has 0 atom stereocenters. The topological polar surface area (TPSA) is 64.2 Å². The van der Waals surface area contributed by atoms with Crippen LogP contribution in [0.15, 0.2) is 54.7 Å². The van der Waals surface area contributed by atoms with Gasteiger partial charge in [-0.05, 0) is 43.2 Å². The maximum absolute atomic E-state index is 12.4. The zero-order valence-corrected chi connectivity index (χ0v) is 14.3. The molecule has 5 heteroatoms. The average Bonchev–Trinajstić information content (AvgIpc) is 3.16. The molecule has 0 aliphatic heterocycles. The van der Waals surface area contributed by atoms with Gasteiger partial charge in [0.2, 0.25) is 0 Å². The zero-order valence-electron chi connectivity index (χ0n) is 14.3. The van der Waals surface area contributed by atoms with Gasteiger partial charge in [-0.25, -0.2) is 4.79 Å². The van der Waals surface area contributed by atoms with E-state index in [1.807, 2.05) is 49.4 Å². The molecule has 1 heterocycles. The second kappa shape index (κ2) is 7.66. The molecule has 0 aliphatic carbocycles. The summed E-state index contributed by atoms with van der Waals surface area (Å²) in [5, 5.41) is 6.88. The minimum Gasteiger partial charge on any atom is -0.488 e. The van der Waals surface area contributed by atoms with Crippen molar-refractivity contribution in [1.29, 1.82) is 0 Å². The van der Waals surface area contributed by atoms with Crippen LogP contribution in [-0.4, -0.2) is 22.8 Å². The molecular formula is C20H20N2O3. The van der Waals surface area contributed by atoms with Crippen LogP contribution in [0.5, 0.6) is 5.75 Å². The fraction of sp³-hybridized carbons (Fsp3) is 0.200. The Bertz CT molecular complexity index is 843. The van der Waals surface area contributed by atoms with E-state index in [9.17, 15) is 4.79 Å². The van der Waals surface area contributed by atoms with E-state index in [0.29, 0.717) is 24.5 Å². The normalized spacial score (nSPS) is 10.5. The highest BCUT2D eigenvalue weighted by Gasteiger charge is 2.19. The lowest BCUT2D eigenvalue weighted by molar-refractivity contribution is 0.0521. The Morgan fingerprint density at radius 1 is 1.16 bits per heavy atom. The van der Waals surface area contributed by atoms with Gasteiger partial charge in [0.15, 0.2) is 0 Å². The number of hydrogen-bond acceptors (Lipinski definition) is 4. The molecule has 0 amide bonds. The summed E-state index contributed by atoms with van der Waals surface area (Å²) in [5.41, 5.74) is 4.02. The van der Waals surface area contributed by atoms with Crippen molar-refractivity contribution in [3.63, 3.8) is 0 Å².